The van der Waals surface area contributed by atoms with Gasteiger partial charge in [0.15, 0.2) is 6.10 Å². The fraction of sp³-hybridized carbons (Fsp3) is 0.263. The minimum Gasteiger partial charge on any atom is -0.493 e. The molecule has 0 aliphatic rings. The normalized spacial score (nSPS) is 12.0. The summed E-state index contributed by atoms with van der Waals surface area (Å²) in [6, 6.07) is 13.7. The zero-order chi connectivity index (χ0) is 18.4. The van der Waals surface area contributed by atoms with Gasteiger partial charge < -0.3 is 13.9 Å². The third-order valence-electron chi connectivity index (χ3n) is 3.49. The second kappa shape index (κ2) is 8.71. The van der Waals surface area contributed by atoms with E-state index in [2.05, 4.69) is 10.2 Å². The molecule has 1 heterocycles. The molecule has 7 heteroatoms. The SMILES string of the molecule is Cc1ccc(OCCSc2nnc([C@@H](C)Oc3ccc(F)cc3)o2)cc1. The Balaban J connectivity index is 1.45. The zero-order valence-corrected chi connectivity index (χ0v) is 15.3. The lowest BCUT2D eigenvalue weighted by atomic mass is 10.2. The number of ether oxygens (including phenoxy) is 2. The molecule has 0 amide bonds. The molecule has 0 bridgehead atoms. The van der Waals surface area contributed by atoms with Crippen LogP contribution in [0.2, 0.25) is 0 Å². The first-order chi connectivity index (χ1) is 12.6. The monoisotopic (exact) mass is 374 g/mol. The number of hydrogen-bond acceptors (Lipinski definition) is 6. The van der Waals surface area contributed by atoms with Gasteiger partial charge in [0.1, 0.15) is 17.3 Å². The van der Waals surface area contributed by atoms with Gasteiger partial charge >= 0.3 is 0 Å². The summed E-state index contributed by atoms with van der Waals surface area (Å²) in [6.45, 7) is 4.37. The van der Waals surface area contributed by atoms with Crippen LogP contribution in [0.25, 0.3) is 0 Å². The fourth-order valence-electron chi connectivity index (χ4n) is 2.13. The van der Waals surface area contributed by atoms with Crippen LogP contribution in [-0.2, 0) is 0 Å². The van der Waals surface area contributed by atoms with Gasteiger partial charge in [-0.15, -0.1) is 10.2 Å². The third-order valence-corrected chi connectivity index (χ3v) is 4.28. The molecule has 3 aromatic rings. The first-order valence-electron chi connectivity index (χ1n) is 8.18. The molecule has 2 aromatic carbocycles. The van der Waals surface area contributed by atoms with Gasteiger partial charge in [-0.2, -0.15) is 0 Å². The number of aryl methyl sites for hydroxylation is 1. The van der Waals surface area contributed by atoms with E-state index < -0.39 is 6.10 Å². The van der Waals surface area contributed by atoms with E-state index in [9.17, 15) is 4.39 Å². The van der Waals surface area contributed by atoms with Gasteiger partial charge in [-0.05, 0) is 50.2 Å². The molecule has 0 spiro atoms. The maximum absolute atomic E-state index is 12.9. The molecule has 26 heavy (non-hydrogen) atoms. The van der Waals surface area contributed by atoms with E-state index in [0.717, 1.165) is 5.75 Å². The van der Waals surface area contributed by atoms with Crippen molar-refractivity contribution in [2.45, 2.75) is 25.2 Å². The predicted molar refractivity (Wildman–Crippen MR) is 97.1 cm³/mol. The number of aromatic nitrogens is 2. The molecule has 0 saturated heterocycles. The number of nitrogens with zero attached hydrogens (tertiary/aromatic N) is 2. The second-order valence-corrected chi connectivity index (χ2v) is 6.68. The quantitative estimate of drug-likeness (QED) is 0.416. The van der Waals surface area contributed by atoms with Crippen LogP contribution in [0.3, 0.4) is 0 Å². The molecule has 0 aliphatic carbocycles. The Morgan fingerprint density at radius 3 is 2.46 bits per heavy atom. The Morgan fingerprint density at radius 2 is 1.73 bits per heavy atom. The standard InChI is InChI=1S/C19H19FN2O3S/c1-13-3-7-16(8-4-13)23-11-12-26-19-22-21-18(25-19)14(2)24-17-9-5-15(20)6-10-17/h3-10,14H,11-12H2,1-2H3/t14-/m1/s1. The molecule has 1 atom stereocenters. The molecular weight excluding hydrogens is 355 g/mol. The topological polar surface area (TPSA) is 57.4 Å². The van der Waals surface area contributed by atoms with Crippen molar-refractivity contribution >= 4 is 11.8 Å². The van der Waals surface area contributed by atoms with E-state index in [1.165, 1.54) is 29.5 Å². The number of thioether (sulfide) groups is 1. The summed E-state index contributed by atoms with van der Waals surface area (Å²) in [5, 5.41) is 8.46. The molecule has 0 aliphatic heterocycles. The highest BCUT2D eigenvalue weighted by Gasteiger charge is 2.16. The van der Waals surface area contributed by atoms with Crippen molar-refractivity contribution in [2.75, 3.05) is 12.4 Å². The lowest BCUT2D eigenvalue weighted by Crippen LogP contribution is -2.03. The lowest BCUT2D eigenvalue weighted by Gasteiger charge is -2.10. The number of rotatable bonds is 8. The Kier molecular flexibility index (Phi) is 6.12. The van der Waals surface area contributed by atoms with Crippen molar-refractivity contribution in [3.63, 3.8) is 0 Å². The first kappa shape index (κ1) is 18.3. The van der Waals surface area contributed by atoms with Crippen LogP contribution in [0.5, 0.6) is 11.5 Å². The van der Waals surface area contributed by atoms with Gasteiger partial charge in [-0.1, -0.05) is 29.5 Å². The Hall–Kier alpha value is -2.54. The summed E-state index contributed by atoms with van der Waals surface area (Å²) in [5.74, 6) is 2.12. The minimum absolute atomic E-state index is 0.311. The summed E-state index contributed by atoms with van der Waals surface area (Å²) in [5.41, 5.74) is 1.20. The van der Waals surface area contributed by atoms with Crippen LogP contribution in [-0.4, -0.2) is 22.6 Å². The Bertz CT molecular complexity index is 822. The number of hydrogen-bond donors (Lipinski definition) is 0. The van der Waals surface area contributed by atoms with Crippen LogP contribution in [0, 0.1) is 12.7 Å². The number of benzene rings is 2. The lowest BCUT2D eigenvalue weighted by molar-refractivity contribution is 0.181. The van der Waals surface area contributed by atoms with E-state index in [1.807, 2.05) is 31.2 Å². The Labute approximate surface area is 155 Å². The average molecular weight is 374 g/mol. The van der Waals surface area contributed by atoms with Gasteiger partial charge in [0.25, 0.3) is 11.1 Å². The van der Waals surface area contributed by atoms with Crippen LogP contribution >= 0.6 is 11.8 Å². The molecule has 0 saturated carbocycles. The summed E-state index contributed by atoms with van der Waals surface area (Å²) in [6.07, 6.45) is -0.425. The van der Waals surface area contributed by atoms with Crippen molar-refractivity contribution in [1.29, 1.82) is 0 Å². The first-order valence-corrected chi connectivity index (χ1v) is 9.16. The van der Waals surface area contributed by atoms with Gasteiger partial charge in [0.05, 0.1) is 6.61 Å². The highest BCUT2D eigenvalue weighted by atomic mass is 32.2. The van der Waals surface area contributed by atoms with Crippen molar-refractivity contribution in [3.05, 3.63) is 65.8 Å². The molecule has 1 aromatic heterocycles. The summed E-state index contributed by atoms with van der Waals surface area (Å²) < 4.78 is 29.8. The third kappa shape index (κ3) is 5.23. The largest absolute Gasteiger partial charge is 0.493 e. The average Bonchev–Trinajstić information content (AvgIpc) is 3.11. The summed E-state index contributed by atoms with van der Waals surface area (Å²) in [7, 11) is 0. The zero-order valence-electron chi connectivity index (χ0n) is 14.5. The predicted octanol–water partition coefficient (Wildman–Crippen LogP) is 4.83. The van der Waals surface area contributed by atoms with Crippen molar-refractivity contribution < 1.29 is 18.3 Å². The molecular formula is C19H19FN2O3S. The van der Waals surface area contributed by atoms with Crippen LogP contribution in [0.15, 0.2) is 58.2 Å². The number of halogens is 1. The Morgan fingerprint density at radius 1 is 1.04 bits per heavy atom. The smallest absolute Gasteiger partial charge is 0.276 e. The highest BCUT2D eigenvalue weighted by molar-refractivity contribution is 7.99. The second-order valence-electron chi connectivity index (χ2n) is 5.63. The molecule has 0 radical (unpaired) electrons. The van der Waals surface area contributed by atoms with E-state index in [-0.39, 0.29) is 5.82 Å². The van der Waals surface area contributed by atoms with Crippen LogP contribution < -0.4 is 9.47 Å². The molecule has 0 fully saturated rings. The van der Waals surface area contributed by atoms with Gasteiger partial charge in [-0.25, -0.2) is 4.39 Å². The maximum Gasteiger partial charge on any atom is 0.276 e. The fourth-order valence-corrected chi connectivity index (χ4v) is 2.72. The van der Waals surface area contributed by atoms with Crippen molar-refractivity contribution in [2.24, 2.45) is 0 Å². The van der Waals surface area contributed by atoms with Gasteiger partial charge in [-0.3, -0.25) is 0 Å². The van der Waals surface area contributed by atoms with Crippen LogP contribution in [0.4, 0.5) is 4.39 Å². The minimum atomic E-state index is -0.425. The summed E-state index contributed by atoms with van der Waals surface area (Å²) in [4.78, 5) is 0. The van der Waals surface area contributed by atoms with Gasteiger partial charge in [0, 0.05) is 5.75 Å². The van der Waals surface area contributed by atoms with Gasteiger partial charge in [0.2, 0.25) is 0 Å². The molecule has 3 rings (SSSR count). The maximum atomic E-state index is 12.9. The van der Waals surface area contributed by atoms with E-state index in [4.69, 9.17) is 13.9 Å². The van der Waals surface area contributed by atoms with E-state index in [0.29, 0.717) is 29.2 Å². The molecule has 5 nitrogen and oxygen atoms in total. The van der Waals surface area contributed by atoms with Crippen molar-refractivity contribution in [3.8, 4) is 11.5 Å². The van der Waals surface area contributed by atoms with Crippen molar-refractivity contribution in [1.82, 2.24) is 10.2 Å². The molecule has 136 valence electrons. The van der Waals surface area contributed by atoms with Crippen LogP contribution in [0.1, 0.15) is 24.5 Å². The highest BCUT2D eigenvalue weighted by Crippen LogP contribution is 2.24. The van der Waals surface area contributed by atoms with E-state index in [1.54, 1.807) is 19.1 Å². The van der Waals surface area contributed by atoms with E-state index >= 15 is 0 Å². The molecule has 0 unspecified atom stereocenters. The summed E-state index contributed by atoms with van der Waals surface area (Å²) >= 11 is 1.42. The molecule has 0 N–H and O–H groups in total.